The molecule has 0 aromatic carbocycles. The Balaban J connectivity index is 1.67. The smallest absolute Gasteiger partial charge is 0.223 e. The van der Waals surface area contributed by atoms with Crippen LogP contribution in [0, 0.1) is 11.8 Å². The van der Waals surface area contributed by atoms with Gasteiger partial charge in [-0.1, -0.05) is 13.3 Å². The van der Waals surface area contributed by atoms with Crippen molar-refractivity contribution >= 4 is 15.7 Å². The van der Waals surface area contributed by atoms with Gasteiger partial charge in [0.15, 0.2) is 9.84 Å². The van der Waals surface area contributed by atoms with Crippen LogP contribution in [0.15, 0.2) is 0 Å². The van der Waals surface area contributed by atoms with E-state index in [2.05, 4.69) is 17.1 Å². The number of rotatable bonds is 3. The van der Waals surface area contributed by atoms with E-state index in [9.17, 15) is 13.2 Å². The first kappa shape index (κ1) is 14.3. The molecule has 1 aliphatic carbocycles. The lowest BCUT2D eigenvalue weighted by Gasteiger charge is -2.35. The Kier molecular flexibility index (Phi) is 3.79. The summed E-state index contributed by atoms with van der Waals surface area (Å²) in [7, 11) is -3.01. The van der Waals surface area contributed by atoms with Crippen LogP contribution in [0.2, 0.25) is 0 Å². The second-order valence-electron chi connectivity index (χ2n) is 6.68. The molecule has 0 aromatic rings. The van der Waals surface area contributed by atoms with E-state index >= 15 is 0 Å². The van der Waals surface area contributed by atoms with Crippen molar-refractivity contribution in [1.29, 1.82) is 0 Å². The number of hydrogen-bond acceptors (Lipinski definition) is 4. The van der Waals surface area contributed by atoms with E-state index in [4.69, 9.17) is 0 Å². The Bertz CT molecular complexity index is 485. The first-order valence-corrected chi connectivity index (χ1v) is 9.53. The van der Waals surface area contributed by atoms with E-state index in [-0.39, 0.29) is 35.4 Å². The number of nitrogens with one attached hydrogen (secondary N) is 1. The maximum atomic E-state index is 12.1. The molecule has 1 saturated carbocycles. The van der Waals surface area contributed by atoms with E-state index in [1.54, 1.807) is 0 Å². The summed E-state index contributed by atoms with van der Waals surface area (Å²) in [5, 5.41) is 3.01. The third-order valence-electron chi connectivity index (χ3n) is 4.96. The Morgan fingerprint density at radius 2 is 1.80 bits per heavy atom. The highest BCUT2D eigenvalue weighted by atomic mass is 32.2. The van der Waals surface area contributed by atoms with E-state index in [1.165, 1.54) is 6.42 Å². The average molecular weight is 300 g/mol. The predicted octanol–water partition coefficient (Wildman–Crippen LogP) is 0.410. The SMILES string of the molecule is CC1CC1C(=O)NC1CS(=O)(=O)CC1N1CCCCC1. The van der Waals surface area contributed by atoms with Crippen LogP contribution < -0.4 is 5.32 Å². The molecule has 0 radical (unpaired) electrons. The molecule has 3 rings (SSSR count). The fourth-order valence-electron chi connectivity index (χ4n) is 3.55. The normalized spacial score (nSPS) is 40.5. The number of carbonyl (C=O) groups is 1. The van der Waals surface area contributed by atoms with E-state index in [1.807, 2.05) is 0 Å². The minimum atomic E-state index is -3.01. The number of nitrogens with zero attached hydrogens (tertiary/aromatic N) is 1. The van der Waals surface area contributed by atoms with Gasteiger partial charge >= 0.3 is 0 Å². The highest BCUT2D eigenvalue weighted by Gasteiger charge is 2.45. The molecule has 0 aromatic heterocycles. The fraction of sp³-hybridized carbons (Fsp3) is 0.929. The van der Waals surface area contributed by atoms with Gasteiger partial charge in [-0.05, 0) is 38.3 Å². The van der Waals surface area contributed by atoms with Crippen LogP contribution in [-0.4, -0.2) is 55.9 Å². The quantitative estimate of drug-likeness (QED) is 0.820. The zero-order valence-electron chi connectivity index (χ0n) is 12.0. The molecule has 3 fully saturated rings. The van der Waals surface area contributed by atoms with Gasteiger partial charge in [0.05, 0.1) is 17.5 Å². The molecule has 1 N–H and O–H groups in total. The topological polar surface area (TPSA) is 66.5 Å². The minimum absolute atomic E-state index is 0.0155. The van der Waals surface area contributed by atoms with Crippen molar-refractivity contribution in [1.82, 2.24) is 10.2 Å². The van der Waals surface area contributed by atoms with Crippen molar-refractivity contribution in [2.75, 3.05) is 24.6 Å². The molecule has 2 saturated heterocycles. The highest BCUT2D eigenvalue weighted by molar-refractivity contribution is 7.91. The summed E-state index contributed by atoms with van der Waals surface area (Å²) in [5.41, 5.74) is 0. The maximum Gasteiger partial charge on any atom is 0.223 e. The molecule has 114 valence electrons. The van der Waals surface area contributed by atoms with Gasteiger partial charge in [0, 0.05) is 12.0 Å². The number of hydrogen-bond donors (Lipinski definition) is 1. The van der Waals surface area contributed by atoms with Crippen molar-refractivity contribution in [3.8, 4) is 0 Å². The summed E-state index contributed by atoms with van der Waals surface area (Å²) >= 11 is 0. The second kappa shape index (κ2) is 5.30. The molecule has 5 nitrogen and oxygen atoms in total. The van der Waals surface area contributed by atoms with Crippen LogP contribution in [0.25, 0.3) is 0 Å². The minimum Gasteiger partial charge on any atom is -0.350 e. The Hall–Kier alpha value is -0.620. The summed E-state index contributed by atoms with van der Waals surface area (Å²) in [5.74, 6) is 0.947. The Morgan fingerprint density at radius 3 is 2.40 bits per heavy atom. The lowest BCUT2D eigenvalue weighted by molar-refractivity contribution is -0.123. The lowest BCUT2D eigenvalue weighted by atomic mass is 10.0. The molecule has 0 spiro atoms. The first-order valence-electron chi connectivity index (χ1n) is 7.71. The van der Waals surface area contributed by atoms with E-state index in [0.717, 1.165) is 32.4 Å². The van der Waals surface area contributed by atoms with Crippen LogP contribution in [0.5, 0.6) is 0 Å². The number of carbonyl (C=O) groups excluding carboxylic acids is 1. The molecular weight excluding hydrogens is 276 g/mol. The molecule has 0 bridgehead atoms. The van der Waals surface area contributed by atoms with Crippen LogP contribution in [-0.2, 0) is 14.6 Å². The molecular formula is C14H24N2O3S. The van der Waals surface area contributed by atoms with Gasteiger partial charge in [-0.25, -0.2) is 8.42 Å². The number of piperidine rings is 1. The van der Waals surface area contributed by atoms with Crippen molar-refractivity contribution in [2.24, 2.45) is 11.8 Å². The van der Waals surface area contributed by atoms with Crippen molar-refractivity contribution < 1.29 is 13.2 Å². The largest absolute Gasteiger partial charge is 0.350 e. The van der Waals surface area contributed by atoms with Crippen LogP contribution in [0.1, 0.15) is 32.6 Å². The van der Waals surface area contributed by atoms with Gasteiger partial charge in [0.2, 0.25) is 5.91 Å². The van der Waals surface area contributed by atoms with Gasteiger partial charge in [0.25, 0.3) is 0 Å². The van der Waals surface area contributed by atoms with Gasteiger partial charge in [0.1, 0.15) is 0 Å². The number of likely N-dealkylation sites (tertiary alicyclic amines) is 1. The van der Waals surface area contributed by atoms with Gasteiger partial charge in [-0.3, -0.25) is 9.69 Å². The third kappa shape index (κ3) is 3.01. The second-order valence-corrected chi connectivity index (χ2v) is 8.83. The maximum absolute atomic E-state index is 12.1. The summed E-state index contributed by atoms with van der Waals surface area (Å²) < 4.78 is 23.9. The van der Waals surface area contributed by atoms with Crippen molar-refractivity contribution in [3.63, 3.8) is 0 Å². The third-order valence-corrected chi connectivity index (χ3v) is 6.67. The molecule has 3 aliphatic rings. The van der Waals surface area contributed by atoms with Crippen LogP contribution in [0.4, 0.5) is 0 Å². The van der Waals surface area contributed by atoms with E-state index in [0.29, 0.717) is 5.92 Å². The predicted molar refractivity (Wildman–Crippen MR) is 77.1 cm³/mol. The lowest BCUT2D eigenvalue weighted by Crippen LogP contribution is -2.52. The highest BCUT2D eigenvalue weighted by Crippen LogP contribution is 2.38. The standard InChI is InChI=1S/C14H24N2O3S/c1-10-7-11(10)14(17)15-12-8-20(18,19)9-13(12)16-5-3-2-4-6-16/h10-13H,2-9H2,1H3,(H,15,17). The summed E-state index contributed by atoms with van der Waals surface area (Å²) in [6.45, 7) is 4.00. The molecule has 1 amide bonds. The fourth-order valence-corrected chi connectivity index (χ4v) is 5.51. The zero-order chi connectivity index (χ0) is 14.3. The summed E-state index contributed by atoms with van der Waals surface area (Å²) in [6, 6.07) is -0.225. The van der Waals surface area contributed by atoms with Crippen molar-refractivity contribution in [2.45, 2.75) is 44.7 Å². The van der Waals surface area contributed by atoms with Crippen LogP contribution in [0.3, 0.4) is 0 Å². The molecule has 20 heavy (non-hydrogen) atoms. The van der Waals surface area contributed by atoms with E-state index < -0.39 is 9.84 Å². The van der Waals surface area contributed by atoms with Gasteiger partial charge in [-0.15, -0.1) is 0 Å². The van der Waals surface area contributed by atoms with Crippen LogP contribution >= 0.6 is 0 Å². The Morgan fingerprint density at radius 1 is 1.15 bits per heavy atom. The molecule has 2 heterocycles. The summed E-state index contributed by atoms with van der Waals surface area (Å²) in [6.07, 6.45) is 4.44. The zero-order valence-corrected chi connectivity index (χ0v) is 12.9. The Labute approximate surface area is 121 Å². The van der Waals surface area contributed by atoms with Gasteiger partial charge in [-0.2, -0.15) is 0 Å². The molecule has 4 atom stereocenters. The first-order chi connectivity index (χ1) is 9.46. The van der Waals surface area contributed by atoms with Gasteiger partial charge < -0.3 is 5.32 Å². The number of sulfone groups is 1. The molecule has 4 unspecified atom stereocenters. The molecule has 6 heteroatoms. The average Bonchev–Trinajstić information content (AvgIpc) is 3.05. The number of amides is 1. The van der Waals surface area contributed by atoms with Crippen molar-refractivity contribution in [3.05, 3.63) is 0 Å². The molecule has 2 aliphatic heterocycles. The summed E-state index contributed by atoms with van der Waals surface area (Å²) in [4.78, 5) is 14.4. The monoisotopic (exact) mass is 300 g/mol.